The average molecular weight is 483 g/mol. The lowest BCUT2D eigenvalue weighted by Gasteiger charge is -2.23. The molecule has 0 saturated heterocycles. The Balaban J connectivity index is 1.85. The van der Waals surface area contributed by atoms with Gasteiger partial charge < -0.3 is 9.84 Å². The SMILES string of the molecule is CCOc1ccccc1[C@@H]1CC(c2c(O)n(-c3cccc(Cl)c3)c(=O)[nH]c2=O)=NN1C(=O)CC. The summed E-state index contributed by atoms with van der Waals surface area (Å²) in [6.07, 6.45) is 0.328. The number of hydrazone groups is 1. The van der Waals surface area contributed by atoms with E-state index in [9.17, 15) is 19.5 Å². The van der Waals surface area contributed by atoms with Crippen LogP contribution in [0.2, 0.25) is 5.02 Å². The maximum Gasteiger partial charge on any atom is 0.335 e. The lowest BCUT2D eigenvalue weighted by molar-refractivity contribution is -0.132. The summed E-state index contributed by atoms with van der Waals surface area (Å²) in [7, 11) is 0. The Morgan fingerprint density at radius 1 is 1.21 bits per heavy atom. The molecule has 2 N–H and O–H groups in total. The number of para-hydroxylation sites is 1. The van der Waals surface area contributed by atoms with Crippen LogP contribution in [0.15, 0.2) is 63.2 Å². The highest BCUT2D eigenvalue weighted by Crippen LogP contribution is 2.38. The van der Waals surface area contributed by atoms with Gasteiger partial charge in [0.05, 0.1) is 24.0 Å². The van der Waals surface area contributed by atoms with E-state index in [1.165, 1.54) is 11.1 Å². The van der Waals surface area contributed by atoms with Crippen LogP contribution in [-0.4, -0.2) is 37.9 Å². The number of aromatic nitrogens is 2. The van der Waals surface area contributed by atoms with Crippen molar-refractivity contribution in [1.82, 2.24) is 14.6 Å². The third-order valence-corrected chi connectivity index (χ3v) is 5.72. The fourth-order valence-corrected chi connectivity index (χ4v) is 4.16. The van der Waals surface area contributed by atoms with E-state index < -0.39 is 23.2 Å². The van der Waals surface area contributed by atoms with Crippen molar-refractivity contribution in [3.05, 3.63) is 85.5 Å². The van der Waals surface area contributed by atoms with Gasteiger partial charge in [-0.3, -0.25) is 14.6 Å². The number of carbonyl (C=O) groups is 1. The molecule has 1 atom stereocenters. The molecule has 0 unspecified atom stereocenters. The number of nitrogens with one attached hydrogen (secondary N) is 1. The zero-order valence-electron chi connectivity index (χ0n) is 18.6. The quantitative estimate of drug-likeness (QED) is 0.558. The van der Waals surface area contributed by atoms with Crippen LogP contribution in [0.25, 0.3) is 5.69 Å². The molecule has 0 bridgehead atoms. The van der Waals surface area contributed by atoms with Gasteiger partial charge in [-0.15, -0.1) is 0 Å². The van der Waals surface area contributed by atoms with Gasteiger partial charge in [-0.25, -0.2) is 14.4 Å². The molecule has 3 aromatic rings. The standard InChI is InChI=1S/C24H23ClN4O5/c1-3-20(30)29-18(16-10-5-6-11-19(16)34-4-2)13-17(27-29)21-22(31)26-24(33)28(23(21)32)15-9-7-8-14(25)12-15/h5-12,18,32H,3-4,13H2,1-2H3,(H,26,31,33)/t18-/m0/s1. The maximum atomic E-state index is 12.8. The normalized spacial score (nSPS) is 15.3. The number of rotatable bonds is 6. The third-order valence-electron chi connectivity index (χ3n) is 5.49. The molecule has 0 saturated carbocycles. The first kappa shape index (κ1) is 23.3. The van der Waals surface area contributed by atoms with Crippen molar-refractivity contribution >= 4 is 23.2 Å². The van der Waals surface area contributed by atoms with Crippen molar-refractivity contribution in [2.24, 2.45) is 5.10 Å². The van der Waals surface area contributed by atoms with Crippen LogP contribution in [0.4, 0.5) is 0 Å². The lowest BCUT2D eigenvalue weighted by Crippen LogP contribution is -2.33. The molecule has 1 aliphatic heterocycles. The number of benzene rings is 2. The second-order valence-electron chi connectivity index (χ2n) is 7.60. The summed E-state index contributed by atoms with van der Waals surface area (Å²) in [6.45, 7) is 4.01. The summed E-state index contributed by atoms with van der Waals surface area (Å²) in [5.41, 5.74) is -0.652. The van der Waals surface area contributed by atoms with Gasteiger partial charge in [0.2, 0.25) is 11.8 Å². The monoisotopic (exact) mass is 482 g/mol. The first-order chi connectivity index (χ1) is 16.3. The predicted octanol–water partition coefficient (Wildman–Crippen LogP) is 3.37. The van der Waals surface area contributed by atoms with E-state index in [4.69, 9.17) is 16.3 Å². The second kappa shape index (κ2) is 9.56. The lowest BCUT2D eigenvalue weighted by atomic mass is 9.98. The van der Waals surface area contributed by atoms with E-state index in [0.717, 1.165) is 10.1 Å². The molecular weight excluding hydrogens is 460 g/mol. The number of hydrogen-bond donors (Lipinski definition) is 2. The number of aromatic hydroxyl groups is 1. The van der Waals surface area contributed by atoms with Crippen molar-refractivity contribution in [2.45, 2.75) is 32.7 Å². The Morgan fingerprint density at radius 2 is 1.97 bits per heavy atom. The van der Waals surface area contributed by atoms with Gasteiger partial charge >= 0.3 is 5.69 Å². The van der Waals surface area contributed by atoms with E-state index in [1.807, 2.05) is 25.1 Å². The Bertz CT molecular complexity index is 1390. The summed E-state index contributed by atoms with van der Waals surface area (Å²) in [5.74, 6) is -0.245. The van der Waals surface area contributed by atoms with Gasteiger partial charge in [-0.1, -0.05) is 42.8 Å². The number of hydrogen-bond acceptors (Lipinski definition) is 6. The fourth-order valence-electron chi connectivity index (χ4n) is 3.98. The average Bonchev–Trinajstić information content (AvgIpc) is 3.23. The number of amides is 1. The van der Waals surface area contributed by atoms with E-state index in [2.05, 4.69) is 10.1 Å². The van der Waals surface area contributed by atoms with Crippen LogP contribution in [0.5, 0.6) is 11.6 Å². The number of aromatic amines is 1. The van der Waals surface area contributed by atoms with Gasteiger partial charge in [-0.2, -0.15) is 5.10 Å². The molecule has 176 valence electrons. The zero-order chi connectivity index (χ0) is 24.4. The Morgan fingerprint density at radius 3 is 2.68 bits per heavy atom. The second-order valence-corrected chi connectivity index (χ2v) is 8.04. The Hall–Kier alpha value is -3.85. The van der Waals surface area contributed by atoms with Crippen molar-refractivity contribution in [3.8, 4) is 17.3 Å². The van der Waals surface area contributed by atoms with E-state index in [0.29, 0.717) is 17.4 Å². The summed E-state index contributed by atoms with van der Waals surface area (Å²) in [4.78, 5) is 40.3. The largest absolute Gasteiger partial charge is 0.494 e. The molecule has 34 heavy (non-hydrogen) atoms. The summed E-state index contributed by atoms with van der Waals surface area (Å²) in [6, 6.07) is 13.0. The van der Waals surface area contributed by atoms with Crippen LogP contribution in [0.3, 0.4) is 0 Å². The minimum absolute atomic E-state index is 0.139. The molecule has 2 aromatic carbocycles. The topological polar surface area (TPSA) is 117 Å². The highest BCUT2D eigenvalue weighted by atomic mass is 35.5. The predicted molar refractivity (Wildman–Crippen MR) is 128 cm³/mol. The zero-order valence-corrected chi connectivity index (χ0v) is 19.4. The van der Waals surface area contributed by atoms with Crippen molar-refractivity contribution in [3.63, 3.8) is 0 Å². The first-order valence-electron chi connectivity index (χ1n) is 10.8. The molecule has 0 aliphatic carbocycles. The van der Waals surface area contributed by atoms with Crippen molar-refractivity contribution in [2.75, 3.05) is 6.61 Å². The van der Waals surface area contributed by atoms with Crippen molar-refractivity contribution in [1.29, 1.82) is 0 Å². The van der Waals surface area contributed by atoms with E-state index in [1.54, 1.807) is 31.2 Å². The highest BCUT2D eigenvalue weighted by Gasteiger charge is 2.36. The van der Waals surface area contributed by atoms with Crippen LogP contribution >= 0.6 is 11.6 Å². The van der Waals surface area contributed by atoms with Crippen molar-refractivity contribution < 1.29 is 14.6 Å². The third kappa shape index (κ3) is 4.22. The molecule has 0 spiro atoms. The fraction of sp³-hybridized carbons (Fsp3) is 0.250. The summed E-state index contributed by atoms with van der Waals surface area (Å²) >= 11 is 6.05. The summed E-state index contributed by atoms with van der Waals surface area (Å²) < 4.78 is 6.68. The van der Waals surface area contributed by atoms with E-state index in [-0.39, 0.29) is 35.7 Å². The van der Waals surface area contributed by atoms with Crippen LogP contribution in [-0.2, 0) is 4.79 Å². The molecular formula is C24H23ClN4O5. The van der Waals surface area contributed by atoms with Gasteiger partial charge in [-0.05, 0) is 31.2 Å². The highest BCUT2D eigenvalue weighted by molar-refractivity contribution is 6.30. The number of H-pyrrole nitrogens is 1. The Labute approximate surface area is 199 Å². The molecule has 0 fully saturated rings. The number of halogens is 1. The van der Waals surface area contributed by atoms with Crippen LogP contribution in [0, 0.1) is 0 Å². The molecule has 10 heteroatoms. The molecule has 0 radical (unpaired) electrons. The van der Waals surface area contributed by atoms with Gasteiger partial charge in [0, 0.05) is 23.4 Å². The molecule has 4 rings (SSSR count). The molecule has 9 nitrogen and oxygen atoms in total. The van der Waals surface area contributed by atoms with Gasteiger partial charge in [0.25, 0.3) is 5.56 Å². The molecule has 2 heterocycles. The Kier molecular flexibility index (Phi) is 6.56. The molecule has 1 aliphatic rings. The first-order valence-corrected chi connectivity index (χ1v) is 11.2. The van der Waals surface area contributed by atoms with E-state index >= 15 is 0 Å². The van der Waals surface area contributed by atoms with Crippen LogP contribution < -0.4 is 16.0 Å². The maximum absolute atomic E-state index is 12.8. The molecule has 1 aromatic heterocycles. The minimum atomic E-state index is -0.827. The van der Waals surface area contributed by atoms with Crippen LogP contribution in [0.1, 0.15) is 43.9 Å². The number of carbonyl (C=O) groups excluding carboxylic acids is 1. The summed E-state index contributed by atoms with van der Waals surface area (Å²) in [5, 5.41) is 17.1. The number of ether oxygens (including phenoxy) is 1. The minimum Gasteiger partial charge on any atom is -0.494 e. The van der Waals surface area contributed by atoms with Gasteiger partial charge in [0.1, 0.15) is 11.3 Å². The molecule has 1 amide bonds. The smallest absolute Gasteiger partial charge is 0.335 e. The number of nitrogens with zero attached hydrogens (tertiary/aromatic N) is 3. The van der Waals surface area contributed by atoms with Gasteiger partial charge in [0.15, 0.2) is 0 Å².